The van der Waals surface area contributed by atoms with Gasteiger partial charge in [0.1, 0.15) is 12.0 Å². The third kappa shape index (κ3) is 1.93. The molecule has 1 heterocycles. The molecule has 0 bridgehead atoms. The normalized spacial score (nSPS) is 12.7. The van der Waals surface area contributed by atoms with Crippen LogP contribution < -0.4 is 9.64 Å². The Labute approximate surface area is 110 Å². The lowest BCUT2D eigenvalue weighted by Crippen LogP contribution is -2.27. The number of aromatic hydroxyl groups is 1. The number of phenols is 1. The number of rotatable bonds is 1. The van der Waals surface area contributed by atoms with Crippen molar-refractivity contribution < 1.29 is 14.6 Å². The molecule has 1 aliphatic rings. The van der Waals surface area contributed by atoms with Crippen molar-refractivity contribution in [1.29, 1.82) is 0 Å². The Morgan fingerprint density at radius 1 is 1.05 bits per heavy atom. The topological polar surface area (TPSA) is 49.8 Å². The maximum absolute atomic E-state index is 12.4. The second-order valence-electron chi connectivity index (χ2n) is 4.06. The fraction of sp³-hybridized carbons (Fsp3) is 0. The van der Waals surface area contributed by atoms with Gasteiger partial charge in [-0.3, -0.25) is 9.69 Å². The highest BCUT2D eigenvalue weighted by Crippen LogP contribution is 2.33. The molecule has 0 saturated heterocycles. The first kappa shape index (κ1) is 11.3. The number of fused-ring (bicyclic) bond motifs is 1. The summed E-state index contributed by atoms with van der Waals surface area (Å²) in [6.45, 7) is 0. The molecule has 4 heteroatoms. The molecule has 1 amide bonds. The maximum atomic E-state index is 12.4. The van der Waals surface area contributed by atoms with E-state index in [2.05, 4.69) is 0 Å². The van der Waals surface area contributed by atoms with Crippen LogP contribution in [0.25, 0.3) is 0 Å². The molecule has 2 aromatic carbocycles. The summed E-state index contributed by atoms with van der Waals surface area (Å²) in [7, 11) is 0. The molecule has 0 aromatic heterocycles. The highest BCUT2D eigenvalue weighted by Gasteiger charge is 2.23. The molecular formula is C15H11NO3. The monoisotopic (exact) mass is 253 g/mol. The van der Waals surface area contributed by atoms with Crippen molar-refractivity contribution in [3.8, 4) is 11.5 Å². The fourth-order valence-electron chi connectivity index (χ4n) is 1.96. The van der Waals surface area contributed by atoms with E-state index in [0.29, 0.717) is 11.4 Å². The number of benzene rings is 2. The van der Waals surface area contributed by atoms with Gasteiger partial charge in [-0.2, -0.15) is 0 Å². The molecule has 0 fully saturated rings. The molecule has 3 rings (SSSR count). The fourth-order valence-corrected chi connectivity index (χ4v) is 1.96. The van der Waals surface area contributed by atoms with Gasteiger partial charge in [0.2, 0.25) is 0 Å². The lowest BCUT2D eigenvalue weighted by Gasteiger charge is -2.24. The minimum Gasteiger partial charge on any atom is -0.507 e. The van der Waals surface area contributed by atoms with Crippen LogP contribution in [0.1, 0.15) is 10.4 Å². The van der Waals surface area contributed by atoms with Crippen LogP contribution in [0.2, 0.25) is 0 Å². The summed E-state index contributed by atoms with van der Waals surface area (Å²) in [5.74, 6) is 0.267. The van der Waals surface area contributed by atoms with Crippen molar-refractivity contribution in [2.45, 2.75) is 0 Å². The van der Waals surface area contributed by atoms with Crippen molar-refractivity contribution in [3.63, 3.8) is 0 Å². The summed E-state index contributed by atoms with van der Waals surface area (Å²) >= 11 is 0. The number of carbonyl (C=O) groups is 1. The molecule has 0 aliphatic carbocycles. The van der Waals surface area contributed by atoms with E-state index < -0.39 is 0 Å². The number of ether oxygens (including phenoxy) is 1. The van der Waals surface area contributed by atoms with Gasteiger partial charge in [-0.25, -0.2) is 0 Å². The molecule has 0 spiro atoms. The first-order valence-electron chi connectivity index (χ1n) is 5.81. The quantitative estimate of drug-likeness (QED) is 0.850. The maximum Gasteiger partial charge on any atom is 0.266 e. The van der Waals surface area contributed by atoms with Crippen molar-refractivity contribution in [3.05, 3.63) is 66.6 Å². The van der Waals surface area contributed by atoms with Crippen LogP contribution in [0.5, 0.6) is 11.5 Å². The predicted molar refractivity (Wildman–Crippen MR) is 71.1 cm³/mol. The van der Waals surface area contributed by atoms with Crippen LogP contribution in [-0.4, -0.2) is 11.0 Å². The largest absolute Gasteiger partial charge is 0.507 e. The van der Waals surface area contributed by atoms with Gasteiger partial charge in [-0.1, -0.05) is 24.3 Å². The van der Waals surface area contributed by atoms with Gasteiger partial charge in [0.25, 0.3) is 5.91 Å². The van der Waals surface area contributed by atoms with Gasteiger partial charge in [-0.05, 0) is 24.3 Å². The number of carbonyl (C=O) groups excluding carboxylic acids is 1. The van der Waals surface area contributed by atoms with Crippen LogP contribution in [-0.2, 0) is 0 Å². The number of para-hydroxylation sites is 3. The van der Waals surface area contributed by atoms with Gasteiger partial charge >= 0.3 is 0 Å². The van der Waals surface area contributed by atoms with Gasteiger partial charge in [0, 0.05) is 6.20 Å². The molecule has 1 aliphatic heterocycles. The zero-order valence-corrected chi connectivity index (χ0v) is 9.98. The van der Waals surface area contributed by atoms with Crippen LogP contribution in [0.15, 0.2) is 61.0 Å². The van der Waals surface area contributed by atoms with E-state index in [1.807, 2.05) is 12.1 Å². The highest BCUT2D eigenvalue weighted by molar-refractivity contribution is 6.09. The smallest absolute Gasteiger partial charge is 0.266 e. The molecule has 0 unspecified atom stereocenters. The Bertz CT molecular complexity index is 664. The third-order valence-corrected chi connectivity index (χ3v) is 2.88. The van der Waals surface area contributed by atoms with E-state index in [9.17, 15) is 9.90 Å². The number of hydrogen-bond donors (Lipinski definition) is 1. The average molecular weight is 253 g/mol. The minimum absolute atomic E-state index is 0.0372. The van der Waals surface area contributed by atoms with E-state index in [-0.39, 0.29) is 17.2 Å². The van der Waals surface area contributed by atoms with Crippen LogP contribution >= 0.6 is 0 Å². The zero-order chi connectivity index (χ0) is 13.2. The van der Waals surface area contributed by atoms with Crippen molar-refractivity contribution >= 4 is 11.6 Å². The van der Waals surface area contributed by atoms with Crippen molar-refractivity contribution in [2.24, 2.45) is 0 Å². The number of amides is 1. The molecule has 0 radical (unpaired) electrons. The van der Waals surface area contributed by atoms with Crippen molar-refractivity contribution in [1.82, 2.24) is 0 Å². The van der Waals surface area contributed by atoms with Gasteiger partial charge < -0.3 is 9.84 Å². The lowest BCUT2D eigenvalue weighted by molar-refractivity contribution is 0.0993. The Morgan fingerprint density at radius 2 is 1.79 bits per heavy atom. The number of nitrogens with zero attached hydrogens (tertiary/aromatic N) is 1. The third-order valence-electron chi connectivity index (χ3n) is 2.88. The summed E-state index contributed by atoms with van der Waals surface area (Å²) in [5.41, 5.74) is 0.905. The molecule has 4 nitrogen and oxygen atoms in total. The Kier molecular flexibility index (Phi) is 2.68. The second kappa shape index (κ2) is 4.49. The molecule has 0 atom stereocenters. The summed E-state index contributed by atoms with van der Waals surface area (Å²) < 4.78 is 5.33. The summed E-state index contributed by atoms with van der Waals surface area (Å²) in [6, 6.07) is 13.7. The predicted octanol–water partition coefficient (Wildman–Crippen LogP) is 2.90. The highest BCUT2D eigenvalue weighted by atomic mass is 16.5. The summed E-state index contributed by atoms with van der Waals surface area (Å²) in [4.78, 5) is 13.9. The lowest BCUT2D eigenvalue weighted by atomic mass is 10.1. The Morgan fingerprint density at radius 3 is 2.63 bits per heavy atom. The van der Waals surface area contributed by atoms with E-state index in [0.717, 1.165) is 0 Å². The molecule has 2 aromatic rings. The van der Waals surface area contributed by atoms with Crippen LogP contribution in [0.3, 0.4) is 0 Å². The van der Waals surface area contributed by atoms with E-state index >= 15 is 0 Å². The molecule has 94 valence electrons. The van der Waals surface area contributed by atoms with Gasteiger partial charge in [-0.15, -0.1) is 0 Å². The summed E-state index contributed by atoms with van der Waals surface area (Å²) in [5, 5.41) is 9.76. The van der Waals surface area contributed by atoms with Crippen LogP contribution in [0.4, 0.5) is 5.69 Å². The zero-order valence-electron chi connectivity index (χ0n) is 9.98. The molecular weight excluding hydrogens is 242 g/mol. The van der Waals surface area contributed by atoms with E-state index in [1.54, 1.807) is 30.3 Å². The Balaban J connectivity index is 2.03. The first-order chi connectivity index (χ1) is 9.27. The minimum atomic E-state index is -0.301. The number of phenolic OH excluding ortho intramolecular Hbond substituents is 1. The Hall–Kier alpha value is -2.75. The van der Waals surface area contributed by atoms with E-state index in [4.69, 9.17) is 4.74 Å². The molecule has 19 heavy (non-hydrogen) atoms. The molecule has 0 saturated carbocycles. The van der Waals surface area contributed by atoms with E-state index in [1.165, 1.54) is 23.4 Å². The number of anilines is 1. The van der Waals surface area contributed by atoms with Crippen LogP contribution in [0, 0.1) is 0 Å². The summed E-state index contributed by atoms with van der Waals surface area (Å²) in [6.07, 6.45) is 2.98. The standard InChI is InChI=1S/C15H11NO3/c17-13-7-3-1-5-11(13)15(18)16-9-10-19-14-8-4-2-6-12(14)16/h1-10,17H. The van der Waals surface area contributed by atoms with Gasteiger partial charge in [0.15, 0.2) is 5.75 Å². The number of hydrogen-bond acceptors (Lipinski definition) is 3. The first-order valence-corrected chi connectivity index (χ1v) is 5.81. The van der Waals surface area contributed by atoms with Crippen molar-refractivity contribution in [2.75, 3.05) is 4.90 Å². The molecule has 1 N–H and O–H groups in total. The SMILES string of the molecule is O=C(c1ccccc1O)N1C=COc2ccccc21. The van der Waals surface area contributed by atoms with Gasteiger partial charge in [0.05, 0.1) is 11.3 Å². The second-order valence-corrected chi connectivity index (χ2v) is 4.06. The average Bonchev–Trinajstić information content (AvgIpc) is 2.46.